The summed E-state index contributed by atoms with van der Waals surface area (Å²) in [6, 6.07) is 21.7. The van der Waals surface area contributed by atoms with Gasteiger partial charge in [0, 0.05) is 19.1 Å². The second kappa shape index (κ2) is 9.72. The van der Waals surface area contributed by atoms with Crippen LogP contribution in [0.2, 0.25) is 0 Å². The third-order valence-corrected chi connectivity index (χ3v) is 5.06. The molecule has 0 bridgehead atoms. The minimum atomic E-state index is -0.00942. The van der Waals surface area contributed by atoms with Crippen LogP contribution in [0.4, 0.5) is 0 Å². The van der Waals surface area contributed by atoms with Crippen molar-refractivity contribution in [3.05, 3.63) is 83.6 Å². The molecule has 1 aliphatic heterocycles. The van der Waals surface area contributed by atoms with E-state index >= 15 is 0 Å². The fraction of sp³-hybridized carbons (Fsp3) is 0.417. The first-order valence-electron chi connectivity index (χ1n) is 9.85. The molecule has 3 heteroatoms. The van der Waals surface area contributed by atoms with E-state index in [1.165, 1.54) is 11.1 Å². The van der Waals surface area contributed by atoms with E-state index in [1.54, 1.807) is 7.11 Å². The van der Waals surface area contributed by atoms with Crippen LogP contribution in [-0.2, 0) is 22.6 Å². The van der Waals surface area contributed by atoms with Crippen molar-refractivity contribution < 1.29 is 9.47 Å². The Kier molecular flexibility index (Phi) is 7.08. The number of hydrogen-bond acceptors (Lipinski definition) is 3. The SMILES string of the molecule is COC1=CCO[C@H]1[C@H](CC(C)C)N(Cc1ccccc1)Cc1ccccc1. The first-order valence-corrected chi connectivity index (χ1v) is 9.85. The highest BCUT2D eigenvalue weighted by Crippen LogP contribution is 2.29. The first kappa shape index (κ1) is 19.7. The molecule has 0 N–H and O–H groups in total. The largest absolute Gasteiger partial charge is 0.499 e. The van der Waals surface area contributed by atoms with Crippen molar-refractivity contribution >= 4 is 0 Å². The molecule has 27 heavy (non-hydrogen) atoms. The zero-order valence-electron chi connectivity index (χ0n) is 16.7. The molecule has 1 heterocycles. The zero-order chi connectivity index (χ0) is 19.1. The average Bonchev–Trinajstić information content (AvgIpc) is 3.16. The minimum Gasteiger partial charge on any atom is -0.499 e. The fourth-order valence-corrected chi connectivity index (χ4v) is 3.81. The fourth-order valence-electron chi connectivity index (χ4n) is 3.81. The summed E-state index contributed by atoms with van der Waals surface area (Å²) in [6.45, 7) is 6.98. The summed E-state index contributed by atoms with van der Waals surface area (Å²) in [5, 5.41) is 0. The predicted octanol–water partition coefficient (Wildman–Crippen LogP) is 5.03. The Morgan fingerprint density at radius 1 is 0.963 bits per heavy atom. The van der Waals surface area contributed by atoms with E-state index < -0.39 is 0 Å². The van der Waals surface area contributed by atoms with Crippen molar-refractivity contribution in [1.82, 2.24) is 4.90 Å². The maximum Gasteiger partial charge on any atom is 0.130 e. The molecular formula is C24H31NO2. The molecule has 2 atom stereocenters. The summed E-state index contributed by atoms with van der Waals surface area (Å²) >= 11 is 0. The molecule has 0 saturated carbocycles. The summed E-state index contributed by atoms with van der Waals surface area (Å²) in [5.74, 6) is 1.54. The second-order valence-corrected chi connectivity index (χ2v) is 7.64. The lowest BCUT2D eigenvalue weighted by Crippen LogP contribution is -2.45. The predicted molar refractivity (Wildman–Crippen MR) is 110 cm³/mol. The Labute approximate surface area is 163 Å². The van der Waals surface area contributed by atoms with Crippen LogP contribution in [0.15, 0.2) is 72.5 Å². The van der Waals surface area contributed by atoms with Crippen molar-refractivity contribution in [2.45, 2.75) is 45.5 Å². The number of benzene rings is 2. The molecule has 3 nitrogen and oxygen atoms in total. The van der Waals surface area contributed by atoms with Gasteiger partial charge < -0.3 is 9.47 Å². The Bertz CT molecular complexity index is 670. The van der Waals surface area contributed by atoms with Gasteiger partial charge >= 0.3 is 0 Å². The molecule has 0 aromatic heterocycles. The van der Waals surface area contributed by atoms with Gasteiger partial charge in [-0.2, -0.15) is 0 Å². The Hall–Kier alpha value is -2.10. The van der Waals surface area contributed by atoms with Gasteiger partial charge in [-0.1, -0.05) is 74.5 Å². The van der Waals surface area contributed by atoms with Crippen LogP contribution in [0.25, 0.3) is 0 Å². The van der Waals surface area contributed by atoms with Crippen LogP contribution < -0.4 is 0 Å². The maximum absolute atomic E-state index is 6.12. The number of rotatable bonds is 9. The molecule has 0 aliphatic carbocycles. The van der Waals surface area contributed by atoms with Crippen molar-refractivity contribution in [3.63, 3.8) is 0 Å². The van der Waals surface area contributed by atoms with Gasteiger partial charge in [0.2, 0.25) is 0 Å². The molecule has 0 radical (unpaired) electrons. The van der Waals surface area contributed by atoms with Crippen LogP contribution >= 0.6 is 0 Å². The number of nitrogens with zero attached hydrogens (tertiary/aromatic N) is 1. The summed E-state index contributed by atoms with van der Waals surface area (Å²) in [7, 11) is 1.75. The summed E-state index contributed by atoms with van der Waals surface area (Å²) in [4.78, 5) is 2.55. The molecule has 144 valence electrons. The summed E-state index contributed by atoms with van der Waals surface area (Å²) < 4.78 is 11.8. The molecule has 1 aliphatic rings. The van der Waals surface area contributed by atoms with Gasteiger partial charge in [0.1, 0.15) is 11.9 Å². The van der Waals surface area contributed by atoms with Crippen LogP contribution in [0.5, 0.6) is 0 Å². The summed E-state index contributed by atoms with van der Waals surface area (Å²) in [6.07, 6.45) is 3.12. The van der Waals surface area contributed by atoms with Crippen LogP contribution in [-0.4, -0.2) is 30.8 Å². The zero-order valence-corrected chi connectivity index (χ0v) is 16.7. The molecule has 3 rings (SSSR count). The highest BCUT2D eigenvalue weighted by Gasteiger charge is 2.35. The number of ether oxygens (including phenoxy) is 2. The molecule has 0 amide bonds. The van der Waals surface area contributed by atoms with Gasteiger partial charge in [0.15, 0.2) is 0 Å². The van der Waals surface area contributed by atoms with Gasteiger partial charge in [0.05, 0.1) is 13.7 Å². The van der Waals surface area contributed by atoms with E-state index in [2.05, 4.69) is 85.5 Å². The third kappa shape index (κ3) is 5.44. The summed E-state index contributed by atoms with van der Waals surface area (Å²) in [5.41, 5.74) is 2.64. The molecule has 0 unspecified atom stereocenters. The molecular weight excluding hydrogens is 334 g/mol. The number of hydrogen-bond donors (Lipinski definition) is 0. The molecule has 2 aromatic carbocycles. The van der Waals surface area contributed by atoms with Gasteiger partial charge in [-0.25, -0.2) is 0 Å². The lowest BCUT2D eigenvalue weighted by molar-refractivity contribution is -0.00475. The van der Waals surface area contributed by atoms with Gasteiger partial charge in [-0.05, 0) is 29.5 Å². The van der Waals surface area contributed by atoms with Crippen LogP contribution in [0.1, 0.15) is 31.4 Å². The van der Waals surface area contributed by atoms with E-state index in [4.69, 9.17) is 9.47 Å². The van der Waals surface area contributed by atoms with Crippen molar-refractivity contribution in [1.29, 1.82) is 0 Å². The monoisotopic (exact) mass is 365 g/mol. The Balaban J connectivity index is 1.89. The second-order valence-electron chi connectivity index (χ2n) is 7.64. The Morgan fingerprint density at radius 2 is 1.52 bits per heavy atom. The Morgan fingerprint density at radius 3 is 2.00 bits per heavy atom. The lowest BCUT2D eigenvalue weighted by atomic mass is 9.95. The van der Waals surface area contributed by atoms with Crippen molar-refractivity contribution in [2.75, 3.05) is 13.7 Å². The molecule has 0 saturated heterocycles. The topological polar surface area (TPSA) is 21.7 Å². The van der Waals surface area contributed by atoms with Crippen LogP contribution in [0.3, 0.4) is 0 Å². The average molecular weight is 366 g/mol. The smallest absolute Gasteiger partial charge is 0.130 e. The molecule has 2 aromatic rings. The number of methoxy groups -OCH3 is 1. The third-order valence-electron chi connectivity index (χ3n) is 5.06. The van der Waals surface area contributed by atoms with E-state index in [0.29, 0.717) is 12.5 Å². The molecule has 0 spiro atoms. The first-order chi connectivity index (χ1) is 13.2. The van der Waals surface area contributed by atoms with Gasteiger partial charge in [0.25, 0.3) is 0 Å². The van der Waals surface area contributed by atoms with Gasteiger partial charge in [-0.15, -0.1) is 0 Å². The highest BCUT2D eigenvalue weighted by atomic mass is 16.5. The van der Waals surface area contributed by atoms with Gasteiger partial charge in [-0.3, -0.25) is 4.90 Å². The van der Waals surface area contributed by atoms with E-state index in [-0.39, 0.29) is 12.1 Å². The van der Waals surface area contributed by atoms with E-state index in [0.717, 1.165) is 25.3 Å². The van der Waals surface area contributed by atoms with Crippen molar-refractivity contribution in [2.24, 2.45) is 5.92 Å². The lowest BCUT2D eigenvalue weighted by Gasteiger charge is -2.37. The quantitative estimate of drug-likeness (QED) is 0.622. The molecule has 0 fully saturated rings. The maximum atomic E-state index is 6.12. The normalized spacial score (nSPS) is 18.0. The highest BCUT2D eigenvalue weighted by molar-refractivity contribution is 5.19. The minimum absolute atomic E-state index is 0.00942. The van der Waals surface area contributed by atoms with E-state index in [1.807, 2.05) is 0 Å². The standard InChI is InChI=1S/C24H31NO2/c1-19(2)16-22(24-23(26-3)14-15-27-24)25(17-20-10-6-4-7-11-20)18-21-12-8-5-9-13-21/h4-14,19,22,24H,15-18H2,1-3H3/t22-,24-/m0/s1. The van der Waals surface area contributed by atoms with Crippen LogP contribution in [0, 0.1) is 5.92 Å². The van der Waals surface area contributed by atoms with Crippen molar-refractivity contribution in [3.8, 4) is 0 Å². The van der Waals surface area contributed by atoms with E-state index in [9.17, 15) is 0 Å².